The zero-order chi connectivity index (χ0) is 18.0. The number of benzene rings is 1. The second-order valence-electron chi connectivity index (χ2n) is 5.20. The lowest BCUT2D eigenvalue weighted by atomic mass is 10.2. The van der Waals surface area contributed by atoms with E-state index in [1.165, 1.54) is 12.3 Å². The first-order valence-electron chi connectivity index (χ1n) is 7.26. The van der Waals surface area contributed by atoms with Crippen molar-refractivity contribution in [1.29, 1.82) is 0 Å². The molecule has 2 aromatic heterocycles. The molecule has 9 heteroatoms. The van der Waals surface area contributed by atoms with E-state index in [-0.39, 0.29) is 18.7 Å². The molecule has 2 heterocycles. The molecule has 1 N–H and O–H groups in total. The minimum absolute atomic E-state index is 0.00404. The van der Waals surface area contributed by atoms with E-state index in [2.05, 4.69) is 10.4 Å². The van der Waals surface area contributed by atoms with Crippen molar-refractivity contribution >= 4 is 16.9 Å². The van der Waals surface area contributed by atoms with Crippen molar-refractivity contribution < 1.29 is 22.4 Å². The number of halogens is 3. The van der Waals surface area contributed by atoms with Crippen molar-refractivity contribution in [3.8, 4) is 0 Å². The Morgan fingerprint density at radius 3 is 2.72 bits per heavy atom. The second kappa shape index (κ2) is 6.42. The Balaban J connectivity index is 1.66. The highest BCUT2D eigenvalue weighted by atomic mass is 19.4. The molecular formula is C16H12F3N3O3. The summed E-state index contributed by atoms with van der Waals surface area (Å²) in [6.07, 6.45) is -3.35. The number of carbonyl (C=O) groups is 1. The van der Waals surface area contributed by atoms with E-state index in [0.717, 1.165) is 10.7 Å². The first-order chi connectivity index (χ1) is 11.8. The van der Waals surface area contributed by atoms with E-state index in [9.17, 15) is 22.8 Å². The largest absolute Gasteiger partial charge is 0.435 e. The molecule has 3 rings (SSSR count). The van der Waals surface area contributed by atoms with Crippen molar-refractivity contribution in [2.75, 3.05) is 6.54 Å². The molecule has 0 spiro atoms. The van der Waals surface area contributed by atoms with E-state index < -0.39 is 23.4 Å². The van der Waals surface area contributed by atoms with Gasteiger partial charge in [-0.3, -0.25) is 9.48 Å². The van der Waals surface area contributed by atoms with Crippen LogP contribution in [0.5, 0.6) is 0 Å². The summed E-state index contributed by atoms with van der Waals surface area (Å²) in [6.45, 7) is 0.0326. The van der Waals surface area contributed by atoms with Gasteiger partial charge in [-0.15, -0.1) is 0 Å². The number of aromatic nitrogens is 2. The van der Waals surface area contributed by atoms with Crippen molar-refractivity contribution in [3.63, 3.8) is 0 Å². The van der Waals surface area contributed by atoms with Crippen LogP contribution in [0, 0.1) is 0 Å². The summed E-state index contributed by atoms with van der Waals surface area (Å²) in [6, 6.07) is 8.99. The first-order valence-corrected chi connectivity index (χ1v) is 7.26. The Bertz CT molecular complexity index is 976. The number of carbonyl (C=O) groups excluding carboxylic acids is 1. The number of fused-ring (bicyclic) bond motifs is 1. The molecule has 0 saturated carbocycles. The van der Waals surface area contributed by atoms with E-state index >= 15 is 0 Å². The summed E-state index contributed by atoms with van der Waals surface area (Å²) in [5, 5.41) is 6.42. The standard InChI is InChI=1S/C16H12F3N3O3/c17-16(18,19)13-5-7-22(21-13)8-6-20-14(23)11-9-10-3-1-2-4-12(10)25-15(11)24/h1-5,7,9H,6,8H2,(H,20,23). The normalized spacial score (nSPS) is 11.6. The molecule has 130 valence electrons. The fourth-order valence-electron chi connectivity index (χ4n) is 2.24. The third-order valence-electron chi connectivity index (χ3n) is 3.44. The maximum atomic E-state index is 12.5. The first kappa shape index (κ1) is 16.7. The van der Waals surface area contributed by atoms with E-state index in [0.29, 0.717) is 11.0 Å². The molecule has 25 heavy (non-hydrogen) atoms. The number of amides is 1. The van der Waals surface area contributed by atoms with Gasteiger partial charge in [-0.05, 0) is 18.2 Å². The van der Waals surface area contributed by atoms with Crippen LogP contribution in [0.25, 0.3) is 11.0 Å². The van der Waals surface area contributed by atoms with E-state index in [1.807, 2.05) is 0 Å². The number of nitrogens with one attached hydrogen (secondary N) is 1. The lowest BCUT2D eigenvalue weighted by Crippen LogP contribution is -2.31. The van der Waals surface area contributed by atoms with Gasteiger partial charge in [0.2, 0.25) is 0 Å². The number of hydrogen-bond donors (Lipinski definition) is 1. The minimum Gasteiger partial charge on any atom is -0.422 e. The highest BCUT2D eigenvalue weighted by Crippen LogP contribution is 2.27. The van der Waals surface area contributed by atoms with Gasteiger partial charge in [0.25, 0.3) is 5.91 Å². The second-order valence-corrected chi connectivity index (χ2v) is 5.20. The number of alkyl halides is 3. The topological polar surface area (TPSA) is 77.1 Å². The van der Waals surface area contributed by atoms with Crippen LogP contribution >= 0.6 is 0 Å². The number of hydrogen-bond acceptors (Lipinski definition) is 4. The molecule has 1 aromatic carbocycles. The van der Waals surface area contributed by atoms with Gasteiger partial charge in [0.15, 0.2) is 5.69 Å². The van der Waals surface area contributed by atoms with Gasteiger partial charge in [-0.2, -0.15) is 18.3 Å². The van der Waals surface area contributed by atoms with Crippen LogP contribution in [0.4, 0.5) is 13.2 Å². The molecule has 0 unspecified atom stereocenters. The fourth-order valence-corrected chi connectivity index (χ4v) is 2.24. The third-order valence-corrected chi connectivity index (χ3v) is 3.44. The highest BCUT2D eigenvalue weighted by molar-refractivity contribution is 5.96. The number of nitrogens with zero attached hydrogens (tertiary/aromatic N) is 2. The van der Waals surface area contributed by atoms with Crippen molar-refractivity contribution in [2.24, 2.45) is 0 Å². The maximum absolute atomic E-state index is 12.5. The quantitative estimate of drug-likeness (QED) is 0.733. The van der Waals surface area contributed by atoms with Crippen LogP contribution in [0.2, 0.25) is 0 Å². The average molecular weight is 351 g/mol. The van der Waals surface area contributed by atoms with Gasteiger partial charge in [-0.1, -0.05) is 18.2 Å². The molecular weight excluding hydrogens is 339 g/mol. The lowest BCUT2D eigenvalue weighted by Gasteiger charge is -2.06. The summed E-state index contributed by atoms with van der Waals surface area (Å²) in [5.41, 5.74) is -1.60. The van der Waals surface area contributed by atoms with Crippen LogP contribution in [-0.4, -0.2) is 22.2 Å². The summed E-state index contributed by atoms with van der Waals surface area (Å²) in [4.78, 5) is 23.9. The van der Waals surface area contributed by atoms with Crippen molar-refractivity contribution in [1.82, 2.24) is 15.1 Å². The molecule has 0 aliphatic rings. The zero-order valence-corrected chi connectivity index (χ0v) is 12.7. The highest BCUT2D eigenvalue weighted by Gasteiger charge is 2.33. The Kier molecular flexibility index (Phi) is 4.30. The molecule has 0 aliphatic heterocycles. The van der Waals surface area contributed by atoms with Gasteiger partial charge >= 0.3 is 11.8 Å². The van der Waals surface area contributed by atoms with Crippen LogP contribution in [0.3, 0.4) is 0 Å². The Morgan fingerprint density at radius 1 is 1.24 bits per heavy atom. The third kappa shape index (κ3) is 3.70. The average Bonchev–Trinajstić information content (AvgIpc) is 3.03. The molecule has 0 bridgehead atoms. The van der Waals surface area contributed by atoms with Crippen molar-refractivity contribution in [2.45, 2.75) is 12.7 Å². The summed E-state index contributed by atoms with van der Waals surface area (Å²) < 4.78 is 43.5. The number of para-hydroxylation sites is 1. The van der Waals surface area contributed by atoms with Gasteiger partial charge in [0, 0.05) is 18.1 Å². The van der Waals surface area contributed by atoms with Crippen LogP contribution in [-0.2, 0) is 12.7 Å². The fraction of sp³-hybridized carbons (Fsp3) is 0.188. The summed E-state index contributed by atoms with van der Waals surface area (Å²) in [5.74, 6) is -0.664. The molecule has 6 nitrogen and oxygen atoms in total. The molecule has 0 atom stereocenters. The van der Waals surface area contributed by atoms with Crippen LogP contribution in [0.1, 0.15) is 16.1 Å². The predicted octanol–water partition coefficient (Wildman–Crippen LogP) is 2.44. The zero-order valence-electron chi connectivity index (χ0n) is 12.7. The summed E-state index contributed by atoms with van der Waals surface area (Å²) in [7, 11) is 0. The van der Waals surface area contributed by atoms with Gasteiger partial charge < -0.3 is 9.73 Å². The molecule has 1 amide bonds. The maximum Gasteiger partial charge on any atom is 0.435 e. The monoisotopic (exact) mass is 351 g/mol. The van der Waals surface area contributed by atoms with Gasteiger partial charge in [-0.25, -0.2) is 4.79 Å². The Morgan fingerprint density at radius 2 is 2.00 bits per heavy atom. The van der Waals surface area contributed by atoms with Crippen LogP contribution < -0.4 is 10.9 Å². The molecule has 0 saturated heterocycles. The molecule has 0 aliphatic carbocycles. The van der Waals surface area contributed by atoms with Crippen molar-refractivity contribution in [3.05, 3.63) is 64.3 Å². The van der Waals surface area contributed by atoms with Gasteiger partial charge in [0.1, 0.15) is 11.1 Å². The number of rotatable bonds is 4. The van der Waals surface area contributed by atoms with Crippen LogP contribution in [0.15, 0.2) is 51.8 Å². The van der Waals surface area contributed by atoms with E-state index in [4.69, 9.17) is 4.42 Å². The van der Waals surface area contributed by atoms with Gasteiger partial charge in [0.05, 0.1) is 6.54 Å². The predicted molar refractivity (Wildman–Crippen MR) is 82.0 cm³/mol. The minimum atomic E-state index is -4.52. The summed E-state index contributed by atoms with van der Waals surface area (Å²) >= 11 is 0. The SMILES string of the molecule is O=C(NCCn1ccc(C(F)(F)F)n1)c1cc2ccccc2oc1=O. The smallest absolute Gasteiger partial charge is 0.422 e. The Hall–Kier alpha value is -3.10. The lowest BCUT2D eigenvalue weighted by molar-refractivity contribution is -0.141. The molecule has 0 radical (unpaired) electrons. The molecule has 0 fully saturated rings. The Labute approximate surface area is 138 Å². The molecule has 3 aromatic rings. The van der Waals surface area contributed by atoms with E-state index in [1.54, 1.807) is 24.3 Å².